The van der Waals surface area contributed by atoms with Crippen molar-refractivity contribution in [1.82, 2.24) is 0 Å². The van der Waals surface area contributed by atoms with E-state index in [1.54, 1.807) is 6.92 Å². The Morgan fingerprint density at radius 2 is 1.91 bits per heavy atom. The minimum Gasteiger partial charge on any atom is -0.247 e. The van der Waals surface area contributed by atoms with Crippen molar-refractivity contribution in [2.75, 3.05) is 0 Å². The number of hydrogen-bond donors (Lipinski definition) is 0. The summed E-state index contributed by atoms with van der Waals surface area (Å²) in [5.74, 6) is -0.711. The lowest BCUT2D eigenvalue weighted by atomic mass is 9.94. The zero-order valence-corrected chi connectivity index (χ0v) is 7.59. The molecule has 11 heavy (non-hydrogen) atoms. The van der Waals surface area contributed by atoms with Gasteiger partial charge < -0.3 is 0 Å². The zero-order chi connectivity index (χ0) is 8.85. The lowest BCUT2D eigenvalue weighted by Crippen LogP contribution is -2.11. The Labute approximate surface area is 68.6 Å². The molecule has 65 valence electrons. The van der Waals surface area contributed by atoms with Crippen LogP contribution in [-0.2, 0) is 9.90 Å². The summed E-state index contributed by atoms with van der Waals surface area (Å²) < 4.78 is 0. The third-order valence-electron chi connectivity index (χ3n) is 1.94. The minimum absolute atomic E-state index is 0.295. The maximum atomic E-state index is 10.3. The fraction of sp³-hybridized carbons (Fsp3) is 0.889. The highest BCUT2D eigenvalue weighted by Crippen LogP contribution is 2.16. The molecule has 0 aliphatic rings. The number of carbonyl (C=O) groups is 1. The first-order valence-corrected chi connectivity index (χ1v) is 4.28. The monoisotopic (exact) mass is 157 g/mol. The molecular weight excluding hydrogens is 140 g/mol. The second-order valence-electron chi connectivity index (χ2n) is 3.35. The lowest BCUT2D eigenvalue weighted by molar-refractivity contribution is -0.148. The van der Waals surface area contributed by atoms with Crippen LogP contribution in [0, 0.1) is 11.8 Å². The van der Waals surface area contributed by atoms with E-state index in [1.165, 1.54) is 0 Å². The smallest absolute Gasteiger partial charge is 0.247 e. The van der Waals surface area contributed by atoms with E-state index >= 15 is 0 Å². The Morgan fingerprint density at radius 1 is 1.36 bits per heavy atom. The molecule has 0 aromatic rings. The highest BCUT2D eigenvalue weighted by atomic mass is 16.4. The first-order chi connectivity index (χ1) is 5.07. The van der Waals surface area contributed by atoms with Gasteiger partial charge in [-0.15, -0.1) is 0 Å². The summed E-state index contributed by atoms with van der Waals surface area (Å²) in [6.07, 6.45) is 2.98. The van der Waals surface area contributed by atoms with Gasteiger partial charge in [-0.3, -0.25) is 0 Å². The molecule has 0 spiro atoms. The van der Waals surface area contributed by atoms with Crippen LogP contribution < -0.4 is 0 Å². The molecule has 2 nitrogen and oxygen atoms in total. The topological polar surface area (TPSA) is 37.0 Å². The Bertz CT molecular complexity index is 121. The van der Waals surface area contributed by atoms with Crippen LogP contribution in [0.15, 0.2) is 0 Å². The molecule has 2 heteroatoms. The molecule has 0 aliphatic carbocycles. The average molecular weight is 157 g/mol. The summed E-state index contributed by atoms with van der Waals surface area (Å²) in [5, 5.41) is 10.3. The van der Waals surface area contributed by atoms with Gasteiger partial charge in [-0.25, -0.2) is 9.90 Å². The molecule has 0 saturated heterocycles. The fourth-order valence-corrected chi connectivity index (χ4v) is 1.31. The Balaban J connectivity index is 3.56. The van der Waals surface area contributed by atoms with E-state index in [0.29, 0.717) is 5.92 Å². The van der Waals surface area contributed by atoms with Gasteiger partial charge in [0, 0.05) is 0 Å². The maximum Gasteiger partial charge on any atom is 0.358 e. The molecule has 0 fully saturated rings. The predicted molar refractivity (Wildman–Crippen MR) is 43.5 cm³/mol. The van der Waals surface area contributed by atoms with E-state index in [2.05, 4.69) is 13.8 Å². The van der Waals surface area contributed by atoms with Crippen LogP contribution in [0.1, 0.15) is 40.0 Å². The third-order valence-corrected chi connectivity index (χ3v) is 1.94. The van der Waals surface area contributed by atoms with Crippen LogP contribution in [0.5, 0.6) is 0 Å². The molecule has 2 atom stereocenters. The van der Waals surface area contributed by atoms with Crippen molar-refractivity contribution < 1.29 is 9.90 Å². The maximum absolute atomic E-state index is 10.3. The van der Waals surface area contributed by atoms with Crippen LogP contribution in [-0.4, -0.2) is 5.97 Å². The van der Waals surface area contributed by atoms with E-state index in [4.69, 9.17) is 0 Å². The molecule has 0 rings (SSSR count). The number of hydrogen-bond acceptors (Lipinski definition) is 1. The van der Waals surface area contributed by atoms with E-state index in [0.717, 1.165) is 19.3 Å². The minimum atomic E-state index is -0.923. The Hall–Kier alpha value is -0.530. The summed E-state index contributed by atoms with van der Waals surface area (Å²) in [6.45, 7) is 5.91. The molecule has 0 heterocycles. The van der Waals surface area contributed by atoms with Crippen LogP contribution in [0.2, 0.25) is 0 Å². The van der Waals surface area contributed by atoms with Crippen molar-refractivity contribution in [1.29, 1.82) is 0 Å². The average Bonchev–Trinajstić information content (AvgIpc) is 1.87. The number of rotatable bonds is 5. The van der Waals surface area contributed by atoms with E-state index in [1.807, 2.05) is 0 Å². The van der Waals surface area contributed by atoms with E-state index in [9.17, 15) is 9.90 Å². The van der Waals surface area contributed by atoms with Crippen molar-refractivity contribution in [2.24, 2.45) is 11.8 Å². The van der Waals surface area contributed by atoms with Gasteiger partial charge in [-0.05, 0) is 12.3 Å². The van der Waals surface area contributed by atoms with Gasteiger partial charge in [0.1, 0.15) is 0 Å². The normalized spacial score (nSPS) is 15.9. The lowest BCUT2D eigenvalue weighted by Gasteiger charge is -2.11. The quantitative estimate of drug-likeness (QED) is 0.603. The second-order valence-corrected chi connectivity index (χ2v) is 3.35. The summed E-state index contributed by atoms with van der Waals surface area (Å²) in [4.78, 5) is 10.3. The number of carbonyl (C=O) groups excluding carboxylic acids is 1. The van der Waals surface area contributed by atoms with Crippen molar-refractivity contribution >= 4 is 5.97 Å². The molecule has 0 aliphatic heterocycles. The molecule has 0 bridgehead atoms. The molecular formula is C9H17O2. The first-order valence-electron chi connectivity index (χ1n) is 4.28. The SMILES string of the molecule is CCCC(C)CC(C)C([O])=O. The standard InChI is InChI=1S/C9H17O2/c1-4-5-7(2)6-8(3)9(10)11/h7-8H,4-6H2,1-3H3. The van der Waals surface area contributed by atoms with Crippen LogP contribution in [0.3, 0.4) is 0 Å². The second kappa shape index (κ2) is 5.16. The zero-order valence-electron chi connectivity index (χ0n) is 7.59. The van der Waals surface area contributed by atoms with Gasteiger partial charge in [0.15, 0.2) is 0 Å². The highest BCUT2D eigenvalue weighted by molar-refractivity contribution is 5.68. The molecule has 0 saturated carbocycles. The van der Waals surface area contributed by atoms with Crippen LogP contribution in [0.25, 0.3) is 0 Å². The summed E-state index contributed by atoms with van der Waals surface area (Å²) >= 11 is 0. The molecule has 2 unspecified atom stereocenters. The van der Waals surface area contributed by atoms with Crippen molar-refractivity contribution in [3.63, 3.8) is 0 Å². The van der Waals surface area contributed by atoms with Gasteiger partial charge in [-0.1, -0.05) is 33.6 Å². The van der Waals surface area contributed by atoms with Crippen LogP contribution >= 0.6 is 0 Å². The van der Waals surface area contributed by atoms with Crippen LogP contribution in [0.4, 0.5) is 0 Å². The van der Waals surface area contributed by atoms with E-state index < -0.39 is 5.97 Å². The van der Waals surface area contributed by atoms with Gasteiger partial charge in [0.05, 0.1) is 5.92 Å². The summed E-state index contributed by atoms with van der Waals surface area (Å²) in [6, 6.07) is 0. The van der Waals surface area contributed by atoms with E-state index in [-0.39, 0.29) is 5.92 Å². The van der Waals surface area contributed by atoms with Gasteiger partial charge in [-0.2, -0.15) is 0 Å². The largest absolute Gasteiger partial charge is 0.358 e. The molecule has 0 aromatic heterocycles. The Kier molecular flexibility index (Phi) is 4.92. The van der Waals surface area contributed by atoms with Gasteiger partial charge in [0.25, 0.3) is 0 Å². The molecule has 0 N–H and O–H groups in total. The summed E-state index contributed by atoms with van der Waals surface area (Å²) in [5.41, 5.74) is 0. The van der Waals surface area contributed by atoms with Crippen molar-refractivity contribution in [3.8, 4) is 0 Å². The molecule has 1 radical (unpaired) electrons. The van der Waals surface area contributed by atoms with Gasteiger partial charge in [0.2, 0.25) is 0 Å². The highest BCUT2D eigenvalue weighted by Gasteiger charge is 2.15. The summed E-state index contributed by atoms with van der Waals surface area (Å²) in [7, 11) is 0. The predicted octanol–water partition coefficient (Wildman–Crippen LogP) is 2.41. The van der Waals surface area contributed by atoms with Crippen molar-refractivity contribution in [3.05, 3.63) is 0 Å². The molecule has 0 aromatic carbocycles. The molecule has 0 amide bonds. The van der Waals surface area contributed by atoms with Gasteiger partial charge >= 0.3 is 5.97 Å². The Morgan fingerprint density at radius 3 is 2.27 bits per heavy atom. The first kappa shape index (κ1) is 10.5. The fourth-order valence-electron chi connectivity index (χ4n) is 1.31. The van der Waals surface area contributed by atoms with Crippen molar-refractivity contribution in [2.45, 2.75) is 40.0 Å². The third kappa shape index (κ3) is 4.82.